The number of aromatic nitrogens is 3. The molecule has 0 fully saturated rings. The van der Waals surface area contributed by atoms with Crippen molar-refractivity contribution >= 4 is 29.3 Å². The summed E-state index contributed by atoms with van der Waals surface area (Å²) in [5.41, 5.74) is 7.22. The zero-order valence-electron chi connectivity index (χ0n) is 12.7. The Morgan fingerprint density at radius 1 is 1.12 bits per heavy atom. The van der Waals surface area contributed by atoms with E-state index in [2.05, 4.69) is 10.2 Å². The zero-order chi connectivity index (χ0) is 16.9. The van der Waals surface area contributed by atoms with Crippen LogP contribution in [0.5, 0.6) is 0 Å². The quantitative estimate of drug-likeness (QED) is 0.687. The standard InChI is InChI=1S/C17H15ClN4OS/c18-13-7-4-8-14(10-13)22-16(9-12-5-2-1-3-6-12)20-21-17(22)24-11-15(19)23/h1-8,10H,9,11H2,(H2,19,23). The molecular formula is C17H15ClN4OS. The number of hydrogen-bond acceptors (Lipinski definition) is 4. The molecule has 0 radical (unpaired) electrons. The van der Waals surface area contributed by atoms with Gasteiger partial charge in [0.1, 0.15) is 5.82 Å². The molecule has 122 valence electrons. The van der Waals surface area contributed by atoms with Crippen LogP contribution in [0.3, 0.4) is 0 Å². The summed E-state index contributed by atoms with van der Waals surface area (Å²) in [5, 5.41) is 9.74. The summed E-state index contributed by atoms with van der Waals surface area (Å²) in [6.07, 6.45) is 0.623. The normalized spacial score (nSPS) is 10.7. The molecule has 7 heteroatoms. The number of rotatable bonds is 6. The second-order valence-electron chi connectivity index (χ2n) is 5.13. The molecule has 1 heterocycles. The fourth-order valence-electron chi connectivity index (χ4n) is 2.30. The van der Waals surface area contributed by atoms with Crippen LogP contribution in [0, 0.1) is 0 Å². The van der Waals surface area contributed by atoms with E-state index in [1.165, 1.54) is 11.8 Å². The molecule has 0 aliphatic heterocycles. The molecule has 1 amide bonds. The lowest BCUT2D eigenvalue weighted by Gasteiger charge is -2.10. The van der Waals surface area contributed by atoms with Crippen molar-refractivity contribution in [1.29, 1.82) is 0 Å². The van der Waals surface area contributed by atoms with Crippen molar-refractivity contribution in [2.75, 3.05) is 5.75 Å². The second kappa shape index (κ2) is 7.51. The molecule has 0 bridgehead atoms. The average Bonchev–Trinajstić information content (AvgIpc) is 2.96. The molecule has 0 aliphatic rings. The highest BCUT2D eigenvalue weighted by atomic mass is 35.5. The minimum atomic E-state index is -0.398. The van der Waals surface area contributed by atoms with Crippen LogP contribution in [0.25, 0.3) is 5.69 Å². The highest BCUT2D eigenvalue weighted by molar-refractivity contribution is 7.99. The number of carbonyl (C=O) groups excluding carboxylic acids is 1. The first-order chi connectivity index (χ1) is 11.6. The van der Waals surface area contributed by atoms with Gasteiger partial charge in [0.05, 0.1) is 11.4 Å². The maximum absolute atomic E-state index is 11.1. The van der Waals surface area contributed by atoms with E-state index in [-0.39, 0.29) is 5.75 Å². The lowest BCUT2D eigenvalue weighted by molar-refractivity contribution is -0.115. The number of thioether (sulfide) groups is 1. The van der Waals surface area contributed by atoms with Crippen LogP contribution < -0.4 is 5.73 Å². The van der Waals surface area contributed by atoms with E-state index >= 15 is 0 Å². The number of halogens is 1. The Hall–Kier alpha value is -2.31. The highest BCUT2D eigenvalue weighted by Gasteiger charge is 2.16. The Morgan fingerprint density at radius 2 is 1.92 bits per heavy atom. The number of benzene rings is 2. The van der Waals surface area contributed by atoms with E-state index in [1.54, 1.807) is 0 Å². The van der Waals surface area contributed by atoms with E-state index in [9.17, 15) is 4.79 Å². The van der Waals surface area contributed by atoms with E-state index in [0.717, 1.165) is 17.1 Å². The number of hydrogen-bond donors (Lipinski definition) is 1. The lowest BCUT2D eigenvalue weighted by Crippen LogP contribution is -2.14. The van der Waals surface area contributed by atoms with Crippen molar-refractivity contribution < 1.29 is 4.79 Å². The third-order valence-corrected chi connectivity index (χ3v) is 4.50. The molecule has 0 spiro atoms. The van der Waals surface area contributed by atoms with E-state index < -0.39 is 5.91 Å². The Balaban J connectivity index is 2.00. The summed E-state index contributed by atoms with van der Waals surface area (Å²) in [6, 6.07) is 17.5. The van der Waals surface area contributed by atoms with Gasteiger partial charge in [-0.15, -0.1) is 10.2 Å². The van der Waals surface area contributed by atoms with E-state index in [0.29, 0.717) is 16.6 Å². The first-order valence-electron chi connectivity index (χ1n) is 7.29. The largest absolute Gasteiger partial charge is 0.369 e. The molecule has 0 atom stereocenters. The SMILES string of the molecule is NC(=O)CSc1nnc(Cc2ccccc2)n1-c1cccc(Cl)c1. The molecule has 2 N–H and O–H groups in total. The molecule has 0 unspecified atom stereocenters. The van der Waals surface area contributed by atoms with Crippen molar-refractivity contribution in [3.63, 3.8) is 0 Å². The Morgan fingerprint density at radius 3 is 2.62 bits per heavy atom. The van der Waals surface area contributed by atoms with Crippen molar-refractivity contribution in [3.05, 3.63) is 71.0 Å². The fourth-order valence-corrected chi connectivity index (χ4v) is 3.19. The Bertz CT molecular complexity index is 851. The van der Waals surface area contributed by atoms with Gasteiger partial charge in [0.2, 0.25) is 5.91 Å². The van der Waals surface area contributed by atoms with Crippen LogP contribution in [0.4, 0.5) is 0 Å². The Labute approximate surface area is 148 Å². The van der Waals surface area contributed by atoms with Crippen LogP contribution >= 0.6 is 23.4 Å². The van der Waals surface area contributed by atoms with Gasteiger partial charge in [0.15, 0.2) is 5.16 Å². The fraction of sp³-hybridized carbons (Fsp3) is 0.118. The molecule has 0 saturated carbocycles. The van der Waals surface area contributed by atoms with Gasteiger partial charge in [-0.1, -0.05) is 59.8 Å². The summed E-state index contributed by atoms with van der Waals surface area (Å²) in [4.78, 5) is 11.1. The van der Waals surface area contributed by atoms with E-state index in [4.69, 9.17) is 17.3 Å². The number of amides is 1. The molecular weight excluding hydrogens is 344 g/mol. The third kappa shape index (κ3) is 3.96. The maximum atomic E-state index is 11.1. The van der Waals surface area contributed by atoms with Gasteiger partial charge in [-0.05, 0) is 23.8 Å². The molecule has 0 aliphatic carbocycles. The van der Waals surface area contributed by atoms with E-state index in [1.807, 2.05) is 59.2 Å². The monoisotopic (exact) mass is 358 g/mol. The number of carbonyl (C=O) groups is 1. The number of primary amides is 1. The molecule has 5 nitrogen and oxygen atoms in total. The first-order valence-corrected chi connectivity index (χ1v) is 8.65. The van der Waals surface area contributed by atoms with Crippen molar-refractivity contribution in [3.8, 4) is 5.69 Å². The molecule has 24 heavy (non-hydrogen) atoms. The minimum absolute atomic E-state index is 0.143. The van der Waals surface area contributed by atoms with Crippen LogP contribution in [0.2, 0.25) is 5.02 Å². The first kappa shape index (κ1) is 16.5. The smallest absolute Gasteiger partial charge is 0.227 e. The van der Waals surface area contributed by atoms with Crippen LogP contribution in [-0.4, -0.2) is 26.4 Å². The van der Waals surface area contributed by atoms with Gasteiger partial charge in [0.25, 0.3) is 0 Å². The van der Waals surface area contributed by atoms with Gasteiger partial charge >= 0.3 is 0 Å². The topological polar surface area (TPSA) is 73.8 Å². The van der Waals surface area contributed by atoms with Crippen molar-refractivity contribution in [2.45, 2.75) is 11.6 Å². The van der Waals surface area contributed by atoms with Crippen molar-refractivity contribution in [1.82, 2.24) is 14.8 Å². The highest BCUT2D eigenvalue weighted by Crippen LogP contribution is 2.25. The average molecular weight is 359 g/mol. The van der Waals surface area contributed by atoms with Gasteiger partial charge in [-0.25, -0.2) is 0 Å². The molecule has 2 aromatic carbocycles. The maximum Gasteiger partial charge on any atom is 0.227 e. The third-order valence-electron chi connectivity index (χ3n) is 3.32. The number of nitrogens with two attached hydrogens (primary N) is 1. The van der Waals surface area contributed by atoms with Gasteiger partial charge in [-0.3, -0.25) is 9.36 Å². The van der Waals surface area contributed by atoms with Crippen LogP contribution in [0.15, 0.2) is 59.8 Å². The predicted molar refractivity (Wildman–Crippen MR) is 95.5 cm³/mol. The van der Waals surface area contributed by atoms with Crippen LogP contribution in [0.1, 0.15) is 11.4 Å². The molecule has 3 aromatic rings. The summed E-state index contributed by atoms with van der Waals surface area (Å²) in [6.45, 7) is 0. The molecule has 1 aromatic heterocycles. The van der Waals surface area contributed by atoms with Crippen molar-refractivity contribution in [2.24, 2.45) is 5.73 Å². The predicted octanol–water partition coefficient (Wildman–Crippen LogP) is 3.09. The summed E-state index contributed by atoms with van der Waals surface area (Å²) in [7, 11) is 0. The zero-order valence-corrected chi connectivity index (χ0v) is 14.3. The van der Waals surface area contributed by atoms with Gasteiger partial charge in [-0.2, -0.15) is 0 Å². The second-order valence-corrected chi connectivity index (χ2v) is 6.51. The lowest BCUT2D eigenvalue weighted by atomic mass is 10.1. The number of nitrogens with zero attached hydrogens (tertiary/aromatic N) is 3. The van der Waals surface area contributed by atoms with Crippen LogP contribution in [-0.2, 0) is 11.2 Å². The van der Waals surface area contributed by atoms with Gasteiger partial charge in [0, 0.05) is 11.4 Å². The Kier molecular flexibility index (Phi) is 5.17. The summed E-state index contributed by atoms with van der Waals surface area (Å²) in [5.74, 6) is 0.519. The summed E-state index contributed by atoms with van der Waals surface area (Å²) >= 11 is 7.38. The minimum Gasteiger partial charge on any atom is -0.369 e. The molecule has 0 saturated heterocycles. The molecule has 3 rings (SSSR count). The van der Waals surface area contributed by atoms with Gasteiger partial charge < -0.3 is 5.73 Å². The summed E-state index contributed by atoms with van der Waals surface area (Å²) < 4.78 is 1.91.